The van der Waals surface area contributed by atoms with E-state index in [-0.39, 0.29) is 29.6 Å². The van der Waals surface area contributed by atoms with Crippen LogP contribution < -0.4 is 5.32 Å². The molecule has 0 aromatic heterocycles. The first kappa shape index (κ1) is 21.8. The molecule has 2 aromatic carbocycles. The second-order valence-corrected chi connectivity index (χ2v) is 9.54. The molecule has 0 spiro atoms. The molecule has 0 radical (unpaired) electrons. The van der Waals surface area contributed by atoms with Crippen LogP contribution in [0.4, 0.5) is 14.5 Å². The van der Waals surface area contributed by atoms with Crippen LogP contribution in [0.3, 0.4) is 0 Å². The van der Waals surface area contributed by atoms with E-state index in [1.807, 2.05) is 4.90 Å². The molecule has 10 heteroatoms. The van der Waals surface area contributed by atoms with E-state index in [0.29, 0.717) is 13.1 Å². The SMILES string of the molecule is C[C@H](C(=O)Nc1ccc(F)c(F)c1)N1CCN(S(=O)(=O)c2ccc(Br)cc2)CC1. The first-order chi connectivity index (χ1) is 13.7. The number of anilines is 1. The van der Waals surface area contributed by atoms with Crippen molar-refractivity contribution >= 4 is 37.5 Å². The standard InChI is InChI=1S/C19H20BrF2N3O3S/c1-13(19(26)23-15-4-7-17(21)18(22)12-15)24-8-10-25(11-9-24)29(27,28)16-5-2-14(20)3-6-16/h2-7,12-13H,8-11H2,1H3,(H,23,26)/t13-/m1/s1. The van der Waals surface area contributed by atoms with Crippen LogP contribution in [-0.2, 0) is 14.8 Å². The molecule has 1 heterocycles. The summed E-state index contributed by atoms with van der Waals surface area (Å²) in [7, 11) is -3.60. The van der Waals surface area contributed by atoms with Crippen LogP contribution in [-0.4, -0.2) is 55.8 Å². The third-order valence-corrected chi connectivity index (χ3v) is 7.28. The van der Waals surface area contributed by atoms with E-state index in [0.717, 1.165) is 16.6 Å². The lowest BCUT2D eigenvalue weighted by molar-refractivity contribution is -0.121. The van der Waals surface area contributed by atoms with Crippen LogP contribution in [0.25, 0.3) is 0 Å². The first-order valence-corrected chi connectivity index (χ1v) is 11.2. The summed E-state index contributed by atoms with van der Waals surface area (Å²) in [5, 5.41) is 2.56. The van der Waals surface area contributed by atoms with E-state index < -0.39 is 27.7 Å². The van der Waals surface area contributed by atoms with E-state index in [9.17, 15) is 22.0 Å². The summed E-state index contributed by atoms with van der Waals surface area (Å²) < 4.78 is 54.0. The number of hydrogen-bond donors (Lipinski definition) is 1. The summed E-state index contributed by atoms with van der Waals surface area (Å²) in [6, 6.07) is 9.03. The number of hydrogen-bond acceptors (Lipinski definition) is 4. The number of carbonyl (C=O) groups is 1. The lowest BCUT2D eigenvalue weighted by Crippen LogP contribution is -2.53. The zero-order valence-electron chi connectivity index (χ0n) is 15.6. The summed E-state index contributed by atoms with van der Waals surface area (Å²) in [6.07, 6.45) is 0. The summed E-state index contributed by atoms with van der Waals surface area (Å²) in [6.45, 7) is 2.95. The van der Waals surface area contributed by atoms with Gasteiger partial charge in [-0.1, -0.05) is 15.9 Å². The lowest BCUT2D eigenvalue weighted by atomic mass is 10.2. The molecule has 0 saturated carbocycles. The number of nitrogens with one attached hydrogen (secondary N) is 1. The topological polar surface area (TPSA) is 69.7 Å². The molecule has 0 unspecified atom stereocenters. The summed E-state index contributed by atoms with van der Waals surface area (Å²) >= 11 is 3.28. The van der Waals surface area contributed by atoms with Gasteiger partial charge >= 0.3 is 0 Å². The fourth-order valence-corrected chi connectivity index (χ4v) is 4.76. The summed E-state index contributed by atoms with van der Waals surface area (Å²) in [5.41, 5.74) is 0.164. The molecule has 1 N–H and O–H groups in total. The van der Waals surface area contributed by atoms with E-state index in [1.54, 1.807) is 31.2 Å². The average molecular weight is 488 g/mol. The minimum absolute atomic E-state index is 0.164. The number of nitrogens with zero attached hydrogens (tertiary/aromatic N) is 2. The number of rotatable bonds is 5. The van der Waals surface area contributed by atoms with Crippen LogP contribution in [0.1, 0.15) is 6.92 Å². The van der Waals surface area contributed by atoms with Gasteiger partial charge in [-0.25, -0.2) is 17.2 Å². The van der Waals surface area contributed by atoms with E-state index in [4.69, 9.17) is 0 Å². The predicted octanol–water partition coefficient (Wildman–Crippen LogP) is 3.06. The van der Waals surface area contributed by atoms with Gasteiger partial charge in [0.05, 0.1) is 10.9 Å². The molecule has 3 rings (SSSR count). The molecule has 1 aliphatic rings. The Kier molecular flexibility index (Phi) is 6.67. The van der Waals surface area contributed by atoms with Crippen molar-refractivity contribution < 1.29 is 22.0 Å². The van der Waals surface area contributed by atoms with Crippen LogP contribution in [0.5, 0.6) is 0 Å². The molecule has 29 heavy (non-hydrogen) atoms. The largest absolute Gasteiger partial charge is 0.325 e. The van der Waals surface area contributed by atoms with E-state index in [2.05, 4.69) is 21.2 Å². The Morgan fingerprint density at radius 1 is 1.03 bits per heavy atom. The molecule has 1 saturated heterocycles. The van der Waals surface area contributed by atoms with Crippen molar-refractivity contribution in [1.82, 2.24) is 9.21 Å². The molecule has 1 fully saturated rings. The summed E-state index contributed by atoms with van der Waals surface area (Å²) in [4.78, 5) is 14.5. The second kappa shape index (κ2) is 8.86. The summed E-state index contributed by atoms with van der Waals surface area (Å²) in [5.74, 6) is -2.40. The smallest absolute Gasteiger partial charge is 0.243 e. The fraction of sp³-hybridized carbons (Fsp3) is 0.316. The fourth-order valence-electron chi connectivity index (χ4n) is 3.07. The van der Waals surface area contributed by atoms with Gasteiger partial charge in [-0.15, -0.1) is 0 Å². The number of sulfonamides is 1. The Morgan fingerprint density at radius 3 is 2.24 bits per heavy atom. The molecule has 1 amide bonds. The molecule has 1 atom stereocenters. The van der Waals surface area contributed by atoms with Gasteiger partial charge in [-0.05, 0) is 43.3 Å². The predicted molar refractivity (Wildman–Crippen MR) is 109 cm³/mol. The Balaban J connectivity index is 1.60. The maximum atomic E-state index is 13.3. The van der Waals surface area contributed by atoms with Gasteiger partial charge < -0.3 is 5.32 Å². The molecular formula is C19H20BrF2N3O3S. The molecule has 0 aliphatic carbocycles. The van der Waals surface area contributed by atoms with Crippen LogP contribution in [0, 0.1) is 11.6 Å². The molecule has 2 aromatic rings. The van der Waals surface area contributed by atoms with Gasteiger partial charge in [0, 0.05) is 42.4 Å². The van der Waals surface area contributed by atoms with E-state index >= 15 is 0 Å². The number of carbonyl (C=O) groups excluding carboxylic acids is 1. The highest BCUT2D eigenvalue weighted by Crippen LogP contribution is 2.21. The third kappa shape index (κ3) is 5.00. The van der Waals surface area contributed by atoms with Gasteiger partial charge in [0.15, 0.2) is 11.6 Å². The number of amides is 1. The monoisotopic (exact) mass is 487 g/mol. The quantitative estimate of drug-likeness (QED) is 0.703. The van der Waals surface area contributed by atoms with Crippen molar-refractivity contribution in [3.05, 3.63) is 58.6 Å². The highest BCUT2D eigenvalue weighted by Gasteiger charge is 2.31. The maximum absolute atomic E-state index is 13.3. The van der Waals surface area contributed by atoms with Crippen molar-refractivity contribution in [3.8, 4) is 0 Å². The molecule has 6 nitrogen and oxygen atoms in total. The minimum Gasteiger partial charge on any atom is -0.325 e. The van der Waals surface area contributed by atoms with Crippen LogP contribution >= 0.6 is 15.9 Å². The van der Waals surface area contributed by atoms with Crippen molar-refractivity contribution in [2.45, 2.75) is 17.9 Å². The number of halogens is 3. The minimum atomic E-state index is -3.60. The van der Waals surface area contributed by atoms with Gasteiger partial charge in [0.25, 0.3) is 0 Å². The van der Waals surface area contributed by atoms with Crippen molar-refractivity contribution in [1.29, 1.82) is 0 Å². The lowest BCUT2D eigenvalue weighted by Gasteiger charge is -2.36. The highest BCUT2D eigenvalue weighted by molar-refractivity contribution is 9.10. The first-order valence-electron chi connectivity index (χ1n) is 8.94. The highest BCUT2D eigenvalue weighted by atomic mass is 79.9. The van der Waals surface area contributed by atoms with Crippen molar-refractivity contribution in [2.75, 3.05) is 31.5 Å². The maximum Gasteiger partial charge on any atom is 0.243 e. The van der Waals surface area contributed by atoms with Gasteiger partial charge in [0.2, 0.25) is 15.9 Å². The van der Waals surface area contributed by atoms with Gasteiger partial charge in [-0.2, -0.15) is 4.31 Å². The number of piperazine rings is 1. The molecule has 1 aliphatic heterocycles. The van der Waals surface area contributed by atoms with Crippen LogP contribution in [0.2, 0.25) is 0 Å². The Hall–Kier alpha value is -1.88. The van der Waals surface area contributed by atoms with Crippen LogP contribution in [0.15, 0.2) is 51.8 Å². The normalized spacial score (nSPS) is 17.1. The average Bonchev–Trinajstić information content (AvgIpc) is 2.70. The Labute approximate surface area is 176 Å². The third-order valence-electron chi connectivity index (χ3n) is 4.84. The molecule has 156 valence electrons. The Bertz CT molecular complexity index is 994. The van der Waals surface area contributed by atoms with E-state index in [1.165, 1.54) is 10.4 Å². The molecule has 0 bridgehead atoms. The zero-order chi connectivity index (χ0) is 21.2. The zero-order valence-corrected chi connectivity index (χ0v) is 18.0. The van der Waals surface area contributed by atoms with Crippen molar-refractivity contribution in [3.63, 3.8) is 0 Å². The van der Waals surface area contributed by atoms with Gasteiger partial charge in [-0.3, -0.25) is 9.69 Å². The number of benzene rings is 2. The van der Waals surface area contributed by atoms with Gasteiger partial charge in [0.1, 0.15) is 0 Å². The Morgan fingerprint density at radius 2 is 1.66 bits per heavy atom. The van der Waals surface area contributed by atoms with Crippen molar-refractivity contribution in [2.24, 2.45) is 0 Å². The second-order valence-electron chi connectivity index (χ2n) is 6.69. The molecular weight excluding hydrogens is 468 g/mol.